The molecule has 120 valence electrons. The minimum atomic E-state index is -3.09. The third-order valence-corrected chi connectivity index (χ3v) is 3.61. The first kappa shape index (κ1) is 17.7. The van der Waals surface area contributed by atoms with E-state index in [1.807, 2.05) is 31.3 Å². The van der Waals surface area contributed by atoms with Crippen molar-refractivity contribution in [2.75, 3.05) is 46.7 Å². The molecule has 1 rings (SSSR count). The van der Waals surface area contributed by atoms with Gasteiger partial charge in [0.15, 0.2) is 11.5 Å². The van der Waals surface area contributed by atoms with E-state index in [0.29, 0.717) is 13.2 Å². The number of nitrogens with zero attached hydrogens (tertiary/aromatic N) is 1. The predicted octanol–water partition coefficient (Wildman–Crippen LogP) is 0.945. The van der Waals surface area contributed by atoms with Crippen molar-refractivity contribution in [3.63, 3.8) is 0 Å². The molecule has 0 heterocycles. The van der Waals surface area contributed by atoms with Crippen LogP contribution in [0.15, 0.2) is 24.3 Å². The lowest BCUT2D eigenvalue weighted by Gasteiger charge is -2.17. The predicted molar refractivity (Wildman–Crippen MR) is 83.4 cm³/mol. The van der Waals surface area contributed by atoms with E-state index < -0.39 is 10.0 Å². The Labute approximate surface area is 127 Å². The second-order valence-electron chi connectivity index (χ2n) is 4.82. The summed E-state index contributed by atoms with van der Waals surface area (Å²) in [5, 5.41) is 0. The highest BCUT2D eigenvalue weighted by Crippen LogP contribution is 2.25. The highest BCUT2D eigenvalue weighted by atomic mass is 32.2. The smallest absolute Gasteiger partial charge is 0.208 e. The molecular formula is C14H24N2O4S. The third kappa shape index (κ3) is 7.89. The lowest BCUT2D eigenvalue weighted by Crippen LogP contribution is -2.29. The van der Waals surface area contributed by atoms with Crippen LogP contribution in [-0.4, -0.2) is 60.0 Å². The summed E-state index contributed by atoms with van der Waals surface area (Å²) in [6.07, 6.45) is 1.93. The Bertz CT molecular complexity index is 519. The third-order valence-electron chi connectivity index (χ3n) is 2.88. The van der Waals surface area contributed by atoms with Gasteiger partial charge in [-0.2, -0.15) is 0 Å². The number of likely N-dealkylation sites (N-methyl/N-ethyl adjacent to an activating group) is 1. The van der Waals surface area contributed by atoms with Gasteiger partial charge < -0.3 is 14.4 Å². The van der Waals surface area contributed by atoms with Crippen LogP contribution in [0.1, 0.15) is 6.42 Å². The minimum Gasteiger partial charge on any atom is -0.493 e. The van der Waals surface area contributed by atoms with Crippen LogP contribution in [-0.2, 0) is 10.0 Å². The molecule has 0 spiro atoms. The molecule has 7 heteroatoms. The summed E-state index contributed by atoms with van der Waals surface area (Å²) in [4.78, 5) is 2.10. The van der Waals surface area contributed by atoms with E-state index in [0.717, 1.165) is 37.3 Å². The Balaban J connectivity index is 2.20. The van der Waals surface area contributed by atoms with Gasteiger partial charge in [0.1, 0.15) is 6.61 Å². The number of hydrogen-bond acceptors (Lipinski definition) is 5. The average molecular weight is 316 g/mol. The molecule has 0 unspecified atom stereocenters. The average Bonchev–Trinajstić information content (AvgIpc) is 2.43. The summed E-state index contributed by atoms with van der Waals surface area (Å²) in [5.41, 5.74) is 0. The van der Waals surface area contributed by atoms with Gasteiger partial charge in [0.25, 0.3) is 0 Å². The van der Waals surface area contributed by atoms with Crippen molar-refractivity contribution in [3.8, 4) is 11.5 Å². The van der Waals surface area contributed by atoms with Gasteiger partial charge in [-0.25, -0.2) is 13.1 Å². The molecule has 0 aliphatic rings. The van der Waals surface area contributed by atoms with Gasteiger partial charge in [-0.05, 0) is 32.1 Å². The Morgan fingerprint density at radius 3 is 2.48 bits per heavy atom. The summed E-state index contributed by atoms with van der Waals surface area (Å²) < 4.78 is 35.2. The lowest BCUT2D eigenvalue weighted by atomic mass is 10.3. The van der Waals surface area contributed by atoms with Gasteiger partial charge >= 0.3 is 0 Å². The molecule has 0 aliphatic carbocycles. The zero-order chi connectivity index (χ0) is 15.7. The van der Waals surface area contributed by atoms with E-state index in [1.54, 1.807) is 7.11 Å². The molecule has 0 amide bonds. The lowest BCUT2D eigenvalue weighted by molar-refractivity contribution is 0.229. The van der Waals surface area contributed by atoms with Crippen LogP contribution in [0.2, 0.25) is 0 Å². The normalized spacial score (nSPS) is 11.6. The molecule has 0 bridgehead atoms. The molecule has 0 aromatic heterocycles. The number of nitrogens with one attached hydrogen (secondary N) is 1. The maximum absolute atomic E-state index is 10.9. The number of para-hydroxylation sites is 2. The van der Waals surface area contributed by atoms with Gasteiger partial charge in [0.2, 0.25) is 10.0 Å². The molecule has 1 aromatic rings. The van der Waals surface area contributed by atoms with Crippen molar-refractivity contribution in [1.82, 2.24) is 9.62 Å². The van der Waals surface area contributed by atoms with E-state index in [4.69, 9.17) is 9.47 Å². The zero-order valence-electron chi connectivity index (χ0n) is 12.8. The molecular weight excluding hydrogens is 292 g/mol. The topological polar surface area (TPSA) is 67.9 Å². The second kappa shape index (κ2) is 8.86. The van der Waals surface area contributed by atoms with Crippen molar-refractivity contribution in [2.45, 2.75) is 6.42 Å². The summed E-state index contributed by atoms with van der Waals surface area (Å²) in [6, 6.07) is 7.52. The molecule has 0 saturated carbocycles. The molecule has 1 N–H and O–H groups in total. The molecule has 21 heavy (non-hydrogen) atoms. The molecule has 0 aliphatic heterocycles. The van der Waals surface area contributed by atoms with Gasteiger partial charge in [-0.1, -0.05) is 12.1 Å². The standard InChI is InChI=1S/C14H24N2O4S/c1-16(10-6-9-15-21(3,17)18)11-12-20-14-8-5-4-7-13(14)19-2/h4-5,7-8,15H,6,9-12H2,1-3H3. The number of methoxy groups -OCH3 is 1. The van der Waals surface area contributed by atoms with E-state index in [2.05, 4.69) is 9.62 Å². The fraction of sp³-hybridized carbons (Fsp3) is 0.571. The highest BCUT2D eigenvalue weighted by molar-refractivity contribution is 7.88. The second-order valence-corrected chi connectivity index (χ2v) is 6.66. The summed E-state index contributed by atoms with van der Waals surface area (Å²) in [7, 11) is 0.503. The first-order valence-corrected chi connectivity index (χ1v) is 8.70. The van der Waals surface area contributed by atoms with Gasteiger partial charge in [0, 0.05) is 13.1 Å². The Morgan fingerprint density at radius 2 is 1.86 bits per heavy atom. The van der Waals surface area contributed by atoms with Crippen LogP contribution >= 0.6 is 0 Å². The van der Waals surface area contributed by atoms with Crippen molar-refractivity contribution < 1.29 is 17.9 Å². The largest absolute Gasteiger partial charge is 0.493 e. The maximum Gasteiger partial charge on any atom is 0.208 e. The van der Waals surface area contributed by atoms with Crippen LogP contribution in [0, 0.1) is 0 Å². The number of benzene rings is 1. The van der Waals surface area contributed by atoms with Crippen molar-refractivity contribution in [3.05, 3.63) is 24.3 Å². The van der Waals surface area contributed by atoms with Crippen molar-refractivity contribution in [1.29, 1.82) is 0 Å². The Kier molecular flexibility index (Phi) is 7.49. The fourth-order valence-electron chi connectivity index (χ4n) is 1.77. The minimum absolute atomic E-state index is 0.455. The van der Waals surface area contributed by atoms with E-state index in [-0.39, 0.29) is 0 Å². The van der Waals surface area contributed by atoms with E-state index in [1.165, 1.54) is 0 Å². The summed E-state index contributed by atoms with van der Waals surface area (Å²) in [6.45, 7) is 2.57. The number of hydrogen-bond donors (Lipinski definition) is 1. The van der Waals surface area contributed by atoms with Gasteiger partial charge in [-0.15, -0.1) is 0 Å². The summed E-state index contributed by atoms with van der Waals surface area (Å²) >= 11 is 0. The summed E-state index contributed by atoms with van der Waals surface area (Å²) in [5.74, 6) is 1.45. The Hall–Kier alpha value is -1.31. The molecule has 0 radical (unpaired) electrons. The van der Waals surface area contributed by atoms with Gasteiger partial charge in [-0.3, -0.25) is 0 Å². The number of sulfonamides is 1. The quantitative estimate of drug-likeness (QED) is 0.651. The van der Waals surface area contributed by atoms with Crippen LogP contribution in [0.4, 0.5) is 0 Å². The van der Waals surface area contributed by atoms with Crippen molar-refractivity contribution in [2.24, 2.45) is 0 Å². The van der Waals surface area contributed by atoms with Crippen LogP contribution in [0.25, 0.3) is 0 Å². The molecule has 6 nitrogen and oxygen atoms in total. The first-order chi connectivity index (χ1) is 9.92. The SMILES string of the molecule is COc1ccccc1OCCN(C)CCCNS(C)(=O)=O. The number of ether oxygens (including phenoxy) is 2. The van der Waals surface area contributed by atoms with Crippen LogP contribution in [0.5, 0.6) is 11.5 Å². The molecule has 0 fully saturated rings. The monoisotopic (exact) mass is 316 g/mol. The maximum atomic E-state index is 10.9. The van der Waals surface area contributed by atoms with E-state index in [9.17, 15) is 8.42 Å². The number of rotatable bonds is 10. The molecule has 0 atom stereocenters. The van der Waals surface area contributed by atoms with Crippen LogP contribution < -0.4 is 14.2 Å². The van der Waals surface area contributed by atoms with Crippen molar-refractivity contribution >= 4 is 10.0 Å². The van der Waals surface area contributed by atoms with Gasteiger partial charge in [0.05, 0.1) is 13.4 Å². The highest BCUT2D eigenvalue weighted by Gasteiger charge is 2.04. The Morgan fingerprint density at radius 1 is 1.19 bits per heavy atom. The first-order valence-electron chi connectivity index (χ1n) is 6.81. The molecule has 1 aromatic carbocycles. The molecule has 0 saturated heterocycles. The zero-order valence-corrected chi connectivity index (χ0v) is 13.6. The fourth-order valence-corrected chi connectivity index (χ4v) is 2.28. The van der Waals surface area contributed by atoms with Crippen LogP contribution in [0.3, 0.4) is 0 Å². The van der Waals surface area contributed by atoms with E-state index >= 15 is 0 Å².